The lowest BCUT2D eigenvalue weighted by Crippen LogP contribution is -2.12. The van der Waals surface area contributed by atoms with Crippen LogP contribution < -0.4 is 14.8 Å². The van der Waals surface area contributed by atoms with Crippen molar-refractivity contribution in [3.8, 4) is 11.5 Å². The number of carbonyl (C=O) groups excluding carboxylic acids is 1. The average molecular weight is 369 g/mol. The molecule has 0 saturated carbocycles. The fraction of sp³-hybridized carbons (Fsp3) is 0.278. The van der Waals surface area contributed by atoms with Crippen molar-refractivity contribution < 1.29 is 32.2 Å². The molecule has 0 heterocycles. The van der Waals surface area contributed by atoms with E-state index in [-0.39, 0.29) is 17.9 Å². The van der Waals surface area contributed by atoms with Crippen LogP contribution >= 0.6 is 0 Å². The third-order valence-electron chi connectivity index (χ3n) is 3.52. The molecule has 0 radical (unpaired) electrons. The molecule has 26 heavy (non-hydrogen) atoms. The second-order valence-electron chi connectivity index (χ2n) is 5.17. The normalized spacial score (nSPS) is 11.0. The van der Waals surface area contributed by atoms with Crippen LogP contribution in [0.5, 0.6) is 11.5 Å². The molecular formula is C18H18F3NO4. The van der Waals surface area contributed by atoms with E-state index in [4.69, 9.17) is 14.2 Å². The molecule has 0 aromatic heterocycles. The highest BCUT2D eigenvalue weighted by Gasteiger charge is 2.32. The number of nitrogens with one attached hydrogen (secondary N) is 1. The van der Waals surface area contributed by atoms with Gasteiger partial charge in [0.2, 0.25) is 0 Å². The van der Waals surface area contributed by atoms with Gasteiger partial charge in [0.25, 0.3) is 0 Å². The second kappa shape index (κ2) is 7.99. The largest absolute Gasteiger partial charge is 0.497 e. The van der Waals surface area contributed by atoms with Crippen LogP contribution in [0.2, 0.25) is 0 Å². The number of rotatable bonds is 6. The maximum absolute atomic E-state index is 13.0. The number of benzene rings is 2. The first kappa shape index (κ1) is 19.4. The first-order valence-electron chi connectivity index (χ1n) is 7.67. The molecule has 0 atom stereocenters. The van der Waals surface area contributed by atoms with Crippen LogP contribution in [0.4, 0.5) is 24.5 Å². The highest BCUT2D eigenvalue weighted by molar-refractivity contribution is 5.97. The Hall–Kier alpha value is -2.90. The summed E-state index contributed by atoms with van der Waals surface area (Å²) in [5, 5.41) is 2.91. The lowest BCUT2D eigenvalue weighted by Gasteiger charge is -2.16. The molecule has 0 aliphatic carbocycles. The standard InChI is InChI=1S/C18H18F3NO4/c1-4-26-17(23)13-9-11(18(19,20)21)5-7-14(13)22-15-8-6-12(24-2)10-16(15)25-3/h5-10,22H,4H2,1-3H3. The van der Waals surface area contributed by atoms with Crippen LogP contribution in [-0.2, 0) is 10.9 Å². The summed E-state index contributed by atoms with van der Waals surface area (Å²) in [6.07, 6.45) is -4.57. The van der Waals surface area contributed by atoms with Gasteiger partial charge >= 0.3 is 12.1 Å². The SMILES string of the molecule is CCOC(=O)c1cc(C(F)(F)F)ccc1Nc1ccc(OC)cc1OC. The van der Waals surface area contributed by atoms with Crippen molar-refractivity contribution in [2.24, 2.45) is 0 Å². The van der Waals surface area contributed by atoms with Gasteiger partial charge in [0.05, 0.1) is 43.3 Å². The zero-order valence-corrected chi connectivity index (χ0v) is 14.4. The van der Waals surface area contributed by atoms with Gasteiger partial charge in [-0.2, -0.15) is 13.2 Å². The molecule has 0 unspecified atom stereocenters. The summed E-state index contributed by atoms with van der Waals surface area (Å²) in [7, 11) is 2.94. The van der Waals surface area contributed by atoms with Gasteiger partial charge in [-0.3, -0.25) is 0 Å². The van der Waals surface area contributed by atoms with Crippen LogP contribution in [0, 0.1) is 0 Å². The van der Waals surface area contributed by atoms with Crippen molar-refractivity contribution in [2.45, 2.75) is 13.1 Å². The molecule has 0 saturated heterocycles. The summed E-state index contributed by atoms with van der Waals surface area (Å²) in [5.41, 5.74) is -0.536. The molecule has 0 aliphatic rings. The fourth-order valence-electron chi connectivity index (χ4n) is 2.25. The molecule has 0 aliphatic heterocycles. The number of hydrogen-bond donors (Lipinski definition) is 1. The molecule has 0 bridgehead atoms. The molecule has 2 aromatic carbocycles. The van der Waals surface area contributed by atoms with E-state index in [1.165, 1.54) is 20.3 Å². The summed E-state index contributed by atoms with van der Waals surface area (Å²) in [6.45, 7) is 1.62. The molecule has 2 aromatic rings. The van der Waals surface area contributed by atoms with Gasteiger partial charge in [0.1, 0.15) is 11.5 Å². The fourth-order valence-corrected chi connectivity index (χ4v) is 2.25. The molecule has 8 heteroatoms. The van der Waals surface area contributed by atoms with E-state index >= 15 is 0 Å². The highest BCUT2D eigenvalue weighted by Crippen LogP contribution is 2.35. The molecule has 2 rings (SSSR count). The number of halogens is 3. The number of esters is 1. The summed E-state index contributed by atoms with van der Waals surface area (Å²) < 4.78 is 54.1. The van der Waals surface area contributed by atoms with Gasteiger partial charge in [-0.1, -0.05) is 0 Å². The van der Waals surface area contributed by atoms with E-state index in [0.29, 0.717) is 17.2 Å². The van der Waals surface area contributed by atoms with E-state index in [9.17, 15) is 18.0 Å². The molecule has 0 spiro atoms. The molecule has 140 valence electrons. The van der Waals surface area contributed by atoms with E-state index in [2.05, 4.69) is 5.32 Å². The molecule has 1 N–H and O–H groups in total. The van der Waals surface area contributed by atoms with Crippen LogP contribution in [0.15, 0.2) is 36.4 Å². The first-order chi connectivity index (χ1) is 12.3. The van der Waals surface area contributed by atoms with Crippen molar-refractivity contribution in [2.75, 3.05) is 26.1 Å². The van der Waals surface area contributed by atoms with Crippen molar-refractivity contribution in [1.82, 2.24) is 0 Å². The number of ether oxygens (including phenoxy) is 3. The molecular weight excluding hydrogens is 351 g/mol. The predicted octanol–water partition coefficient (Wildman–Crippen LogP) is 4.64. The lowest BCUT2D eigenvalue weighted by molar-refractivity contribution is -0.137. The van der Waals surface area contributed by atoms with Crippen LogP contribution in [0.3, 0.4) is 0 Å². The van der Waals surface area contributed by atoms with E-state index in [1.807, 2.05) is 0 Å². The van der Waals surface area contributed by atoms with E-state index < -0.39 is 17.7 Å². The Labute approximate surface area is 148 Å². The Kier molecular flexibility index (Phi) is 5.97. The van der Waals surface area contributed by atoms with E-state index in [1.54, 1.807) is 25.1 Å². The van der Waals surface area contributed by atoms with Gasteiger partial charge < -0.3 is 19.5 Å². The smallest absolute Gasteiger partial charge is 0.416 e. The number of methoxy groups -OCH3 is 2. The topological polar surface area (TPSA) is 56.8 Å². The third kappa shape index (κ3) is 4.38. The Morgan fingerprint density at radius 1 is 1.04 bits per heavy atom. The third-order valence-corrected chi connectivity index (χ3v) is 3.52. The summed E-state index contributed by atoms with van der Waals surface area (Å²) >= 11 is 0. The van der Waals surface area contributed by atoms with Gasteiger partial charge in [0, 0.05) is 6.07 Å². The summed E-state index contributed by atoms with van der Waals surface area (Å²) in [6, 6.07) is 7.72. The van der Waals surface area contributed by atoms with Gasteiger partial charge in [-0.25, -0.2) is 4.79 Å². The maximum Gasteiger partial charge on any atom is 0.416 e. The minimum Gasteiger partial charge on any atom is -0.497 e. The van der Waals surface area contributed by atoms with Crippen molar-refractivity contribution >= 4 is 17.3 Å². The Bertz CT molecular complexity index is 790. The first-order valence-corrected chi connectivity index (χ1v) is 7.67. The number of alkyl halides is 3. The number of carbonyl (C=O) groups is 1. The van der Waals surface area contributed by atoms with Crippen LogP contribution in [0.25, 0.3) is 0 Å². The highest BCUT2D eigenvalue weighted by atomic mass is 19.4. The summed E-state index contributed by atoms with van der Waals surface area (Å²) in [5.74, 6) is 0.0954. The Balaban J connectivity index is 2.47. The van der Waals surface area contributed by atoms with Crippen LogP contribution in [-0.4, -0.2) is 26.8 Å². The quantitative estimate of drug-likeness (QED) is 0.752. The predicted molar refractivity (Wildman–Crippen MR) is 90.2 cm³/mol. The number of anilines is 2. The Morgan fingerprint density at radius 2 is 1.73 bits per heavy atom. The number of hydrogen-bond acceptors (Lipinski definition) is 5. The van der Waals surface area contributed by atoms with Crippen molar-refractivity contribution in [1.29, 1.82) is 0 Å². The zero-order chi connectivity index (χ0) is 19.3. The van der Waals surface area contributed by atoms with Gasteiger partial charge in [-0.05, 0) is 37.3 Å². The average Bonchev–Trinajstić information content (AvgIpc) is 2.61. The molecule has 0 fully saturated rings. The molecule has 5 nitrogen and oxygen atoms in total. The monoisotopic (exact) mass is 369 g/mol. The van der Waals surface area contributed by atoms with Gasteiger partial charge in [-0.15, -0.1) is 0 Å². The minimum absolute atomic E-state index is 0.0420. The Morgan fingerprint density at radius 3 is 2.31 bits per heavy atom. The van der Waals surface area contributed by atoms with E-state index in [0.717, 1.165) is 12.1 Å². The minimum atomic E-state index is -4.57. The van der Waals surface area contributed by atoms with Crippen molar-refractivity contribution in [3.63, 3.8) is 0 Å². The maximum atomic E-state index is 13.0. The second-order valence-corrected chi connectivity index (χ2v) is 5.17. The van der Waals surface area contributed by atoms with Gasteiger partial charge in [0.15, 0.2) is 0 Å². The summed E-state index contributed by atoms with van der Waals surface area (Å²) in [4.78, 5) is 12.1. The van der Waals surface area contributed by atoms with Crippen molar-refractivity contribution in [3.05, 3.63) is 47.5 Å². The zero-order valence-electron chi connectivity index (χ0n) is 14.4. The van der Waals surface area contributed by atoms with Crippen LogP contribution in [0.1, 0.15) is 22.8 Å². The lowest BCUT2D eigenvalue weighted by atomic mass is 10.1. The molecule has 0 amide bonds.